The molecule has 0 aliphatic heterocycles. The third kappa shape index (κ3) is 5.68. The Bertz CT molecular complexity index is 1080. The van der Waals surface area contributed by atoms with E-state index in [4.69, 9.17) is 12.2 Å². The maximum absolute atomic E-state index is 9.49. The summed E-state index contributed by atoms with van der Waals surface area (Å²) in [6.45, 7) is 7.67. The Hall–Kier alpha value is -3.17. The molecular weight excluding hydrogens is 390 g/mol. The lowest BCUT2D eigenvalue weighted by atomic mass is 10.1. The van der Waals surface area contributed by atoms with Gasteiger partial charge in [-0.1, -0.05) is 19.1 Å². The van der Waals surface area contributed by atoms with Gasteiger partial charge in [0.1, 0.15) is 11.9 Å². The molecule has 6 heteroatoms. The van der Waals surface area contributed by atoms with Crippen molar-refractivity contribution in [3.05, 3.63) is 64.7 Å². The predicted octanol–water partition coefficient (Wildman–Crippen LogP) is 5.07. The van der Waals surface area contributed by atoms with Crippen LogP contribution < -0.4 is 16.0 Å². The zero-order chi connectivity index (χ0) is 21.5. The number of hydrogen-bond acceptors (Lipinski definition) is 4. The zero-order valence-corrected chi connectivity index (χ0v) is 18.5. The van der Waals surface area contributed by atoms with Crippen molar-refractivity contribution in [2.45, 2.75) is 33.6 Å². The molecule has 3 rings (SSSR count). The zero-order valence-electron chi connectivity index (χ0n) is 17.7. The number of thiocarbonyl (C=S) groups is 1. The van der Waals surface area contributed by atoms with Crippen LogP contribution in [0.25, 0.3) is 10.9 Å². The standard InChI is InChI=1S/C24H27N5S/c1-4-18-6-7-22-19(13-18)14-20(15-25)23(29-22)26-8-5-9-27-24(30)28-21-11-16(2)10-17(3)12-21/h6-7,10-14H,4-5,8-9H2,1-3H3,(H,26,29)(H2,27,28,30). The molecule has 0 spiro atoms. The topological polar surface area (TPSA) is 72.8 Å². The van der Waals surface area contributed by atoms with Crippen LogP contribution in [0.2, 0.25) is 0 Å². The molecule has 1 aromatic heterocycles. The summed E-state index contributed by atoms with van der Waals surface area (Å²) >= 11 is 5.38. The Labute approximate surface area is 183 Å². The number of nitrogens with one attached hydrogen (secondary N) is 3. The number of rotatable bonds is 7. The Morgan fingerprint density at radius 1 is 1.07 bits per heavy atom. The molecule has 3 N–H and O–H groups in total. The quantitative estimate of drug-likeness (QED) is 0.368. The molecule has 2 aromatic carbocycles. The van der Waals surface area contributed by atoms with Crippen molar-refractivity contribution in [3.63, 3.8) is 0 Å². The van der Waals surface area contributed by atoms with Crippen LogP contribution in [-0.4, -0.2) is 23.2 Å². The van der Waals surface area contributed by atoms with E-state index in [0.29, 0.717) is 23.0 Å². The Kier molecular flexibility index (Phi) is 7.21. The highest BCUT2D eigenvalue weighted by Crippen LogP contribution is 2.21. The van der Waals surface area contributed by atoms with Crippen molar-refractivity contribution in [2.75, 3.05) is 23.7 Å². The van der Waals surface area contributed by atoms with Gasteiger partial charge in [0.15, 0.2) is 5.11 Å². The van der Waals surface area contributed by atoms with Gasteiger partial charge in [0, 0.05) is 24.2 Å². The fourth-order valence-electron chi connectivity index (χ4n) is 3.39. The van der Waals surface area contributed by atoms with Gasteiger partial charge in [0.05, 0.1) is 11.1 Å². The smallest absolute Gasteiger partial charge is 0.170 e. The Morgan fingerprint density at radius 3 is 2.53 bits per heavy atom. The van der Waals surface area contributed by atoms with Crippen LogP contribution in [0.4, 0.5) is 11.5 Å². The number of aromatic nitrogens is 1. The van der Waals surface area contributed by atoms with Gasteiger partial charge >= 0.3 is 0 Å². The first kappa shape index (κ1) is 21.5. The first-order valence-electron chi connectivity index (χ1n) is 10.2. The third-order valence-corrected chi connectivity index (χ3v) is 5.07. The Morgan fingerprint density at radius 2 is 1.83 bits per heavy atom. The summed E-state index contributed by atoms with van der Waals surface area (Å²) < 4.78 is 0. The van der Waals surface area contributed by atoms with Crippen LogP contribution in [0.5, 0.6) is 0 Å². The molecule has 0 saturated heterocycles. The number of nitriles is 1. The van der Waals surface area contributed by atoms with E-state index in [2.05, 4.69) is 78.1 Å². The normalized spacial score (nSPS) is 10.5. The first-order chi connectivity index (χ1) is 14.5. The molecule has 0 aliphatic rings. The molecule has 0 atom stereocenters. The van der Waals surface area contributed by atoms with Gasteiger partial charge in [-0.3, -0.25) is 0 Å². The minimum Gasteiger partial charge on any atom is -0.369 e. The van der Waals surface area contributed by atoms with E-state index in [-0.39, 0.29) is 0 Å². The number of anilines is 2. The van der Waals surface area contributed by atoms with E-state index in [0.717, 1.165) is 36.0 Å². The number of aryl methyl sites for hydroxylation is 3. The second-order valence-electron chi connectivity index (χ2n) is 7.41. The van der Waals surface area contributed by atoms with Crippen molar-refractivity contribution in [1.82, 2.24) is 10.3 Å². The average Bonchev–Trinajstić information content (AvgIpc) is 2.71. The van der Waals surface area contributed by atoms with Crippen LogP contribution in [0.15, 0.2) is 42.5 Å². The van der Waals surface area contributed by atoms with Gasteiger partial charge in [0.2, 0.25) is 0 Å². The minimum atomic E-state index is 0.565. The lowest BCUT2D eigenvalue weighted by Gasteiger charge is -2.13. The van der Waals surface area contributed by atoms with Crippen LogP contribution in [0.1, 0.15) is 35.6 Å². The molecular formula is C24H27N5S. The third-order valence-electron chi connectivity index (χ3n) is 4.82. The largest absolute Gasteiger partial charge is 0.369 e. The summed E-state index contributed by atoms with van der Waals surface area (Å²) in [5.41, 5.74) is 6.10. The SMILES string of the molecule is CCc1ccc2nc(NCCCNC(=S)Nc3cc(C)cc(C)c3)c(C#N)cc2c1. The molecule has 0 aliphatic carbocycles. The van der Waals surface area contributed by atoms with E-state index < -0.39 is 0 Å². The molecule has 0 unspecified atom stereocenters. The maximum atomic E-state index is 9.49. The van der Waals surface area contributed by atoms with Crippen molar-refractivity contribution >= 4 is 39.7 Å². The highest BCUT2D eigenvalue weighted by atomic mass is 32.1. The van der Waals surface area contributed by atoms with E-state index in [1.807, 2.05) is 12.1 Å². The van der Waals surface area contributed by atoms with Gasteiger partial charge in [-0.05, 0) is 85.9 Å². The summed E-state index contributed by atoms with van der Waals surface area (Å²) in [5.74, 6) is 0.630. The molecule has 0 radical (unpaired) electrons. The summed E-state index contributed by atoms with van der Waals surface area (Å²) in [6, 6.07) is 16.6. The highest BCUT2D eigenvalue weighted by molar-refractivity contribution is 7.80. The van der Waals surface area contributed by atoms with Gasteiger partial charge in [-0.15, -0.1) is 0 Å². The number of pyridine rings is 1. The number of fused-ring (bicyclic) bond motifs is 1. The molecule has 30 heavy (non-hydrogen) atoms. The molecule has 0 bridgehead atoms. The van der Waals surface area contributed by atoms with E-state index in [1.165, 1.54) is 16.7 Å². The molecule has 5 nitrogen and oxygen atoms in total. The van der Waals surface area contributed by atoms with E-state index in [1.54, 1.807) is 0 Å². The maximum Gasteiger partial charge on any atom is 0.170 e. The van der Waals surface area contributed by atoms with Crippen LogP contribution >= 0.6 is 12.2 Å². The van der Waals surface area contributed by atoms with Crippen molar-refractivity contribution < 1.29 is 0 Å². The van der Waals surface area contributed by atoms with Crippen molar-refractivity contribution in [1.29, 1.82) is 5.26 Å². The van der Waals surface area contributed by atoms with Crippen LogP contribution in [0.3, 0.4) is 0 Å². The predicted molar refractivity (Wildman–Crippen MR) is 129 cm³/mol. The lowest BCUT2D eigenvalue weighted by Crippen LogP contribution is -2.30. The number of hydrogen-bond donors (Lipinski definition) is 3. The van der Waals surface area contributed by atoms with Crippen LogP contribution in [0, 0.1) is 25.2 Å². The second-order valence-corrected chi connectivity index (χ2v) is 7.82. The monoisotopic (exact) mass is 417 g/mol. The van der Waals surface area contributed by atoms with Gasteiger partial charge < -0.3 is 16.0 Å². The lowest BCUT2D eigenvalue weighted by molar-refractivity contribution is 0.807. The van der Waals surface area contributed by atoms with E-state index in [9.17, 15) is 5.26 Å². The van der Waals surface area contributed by atoms with Crippen molar-refractivity contribution in [3.8, 4) is 6.07 Å². The summed E-state index contributed by atoms with van der Waals surface area (Å²) in [6.07, 6.45) is 1.80. The molecule has 0 saturated carbocycles. The fraction of sp³-hybridized carbons (Fsp3) is 0.292. The van der Waals surface area contributed by atoms with Gasteiger partial charge in [-0.25, -0.2) is 4.98 Å². The second kappa shape index (κ2) is 10.0. The highest BCUT2D eigenvalue weighted by Gasteiger charge is 2.07. The van der Waals surface area contributed by atoms with E-state index >= 15 is 0 Å². The van der Waals surface area contributed by atoms with Gasteiger partial charge in [0.25, 0.3) is 0 Å². The first-order valence-corrected chi connectivity index (χ1v) is 10.6. The molecule has 1 heterocycles. The minimum absolute atomic E-state index is 0.565. The van der Waals surface area contributed by atoms with Crippen molar-refractivity contribution in [2.24, 2.45) is 0 Å². The number of nitrogens with zero attached hydrogens (tertiary/aromatic N) is 2. The summed E-state index contributed by atoms with van der Waals surface area (Å²) in [5, 5.41) is 20.8. The number of benzene rings is 2. The average molecular weight is 418 g/mol. The fourth-order valence-corrected chi connectivity index (χ4v) is 3.60. The summed E-state index contributed by atoms with van der Waals surface area (Å²) in [7, 11) is 0. The van der Waals surface area contributed by atoms with Gasteiger partial charge in [-0.2, -0.15) is 5.26 Å². The molecule has 3 aromatic rings. The molecule has 0 amide bonds. The molecule has 0 fully saturated rings. The Balaban J connectivity index is 1.50. The molecule has 154 valence electrons. The summed E-state index contributed by atoms with van der Waals surface area (Å²) in [4.78, 5) is 4.63. The van der Waals surface area contributed by atoms with Crippen LogP contribution in [-0.2, 0) is 6.42 Å².